The van der Waals surface area contributed by atoms with Crippen LogP contribution < -0.4 is 5.73 Å². The molecule has 1 heterocycles. The average Bonchev–Trinajstić information content (AvgIpc) is 2.48. The van der Waals surface area contributed by atoms with Gasteiger partial charge in [-0.3, -0.25) is 4.79 Å². The first-order chi connectivity index (χ1) is 8.74. The maximum Gasteiger partial charge on any atom is 0.410 e. The molecule has 0 radical (unpaired) electrons. The molecule has 0 unspecified atom stereocenters. The van der Waals surface area contributed by atoms with Gasteiger partial charge in [-0.1, -0.05) is 0 Å². The van der Waals surface area contributed by atoms with Crippen molar-refractivity contribution in [2.75, 3.05) is 19.6 Å². The molecular formula is C13H24N2O4. The lowest BCUT2D eigenvalue weighted by Gasteiger charge is -2.26. The summed E-state index contributed by atoms with van der Waals surface area (Å²) in [4.78, 5) is 24.7. The molecule has 0 spiro atoms. The molecule has 1 aliphatic heterocycles. The van der Waals surface area contributed by atoms with Crippen molar-refractivity contribution >= 4 is 12.1 Å². The lowest BCUT2D eigenvalue weighted by Crippen LogP contribution is -2.37. The fraction of sp³-hybridized carbons (Fsp3) is 0.846. The Labute approximate surface area is 113 Å². The van der Waals surface area contributed by atoms with Gasteiger partial charge in [0.2, 0.25) is 0 Å². The molecule has 0 aromatic heterocycles. The van der Waals surface area contributed by atoms with Gasteiger partial charge in [-0.15, -0.1) is 0 Å². The zero-order valence-corrected chi connectivity index (χ0v) is 11.9. The highest BCUT2D eigenvalue weighted by Gasteiger charge is 2.33. The van der Waals surface area contributed by atoms with Crippen molar-refractivity contribution in [3.63, 3.8) is 0 Å². The third-order valence-corrected chi connectivity index (χ3v) is 3.32. The van der Waals surface area contributed by atoms with Crippen LogP contribution in [0, 0.1) is 11.8 Å². The molecule has 3 N–H and O–H groups in total. The number of hydrogen-bond acceptors (Lipinski definition) is 4. The number of nitrogens with two attached hydrogens (primary N) is 1. The highest BCUT2D eigenvalue weighted by atomic mass is 16.6. The highest BCUT2D eigenvalue weighted by Crippen LogP contribution is 2.24. The minimum absolute atomic E-state index is 0.0788. The number of ether oxygens (including phenoxy) is 1. The van der Waals surface area contributed by atoms with Crippen LogP contribution in [0.5, 0.6) is 0 Å². The van der Waals surface area contributed by atoms with Gasteiger partial charge in [-0.25, -0.2) is 4.79 Å². The van der Waals surface area contributed by atoms with Gasteiger partial charge in [0.25, 0.3) is 0 Å². The fourth-order valence-electron chi connectivity index (χ4n) is 2.28. The summed E-state index contributed by atoms with van der Waals surface area (Å²) in [6.45, 7) is 6.67. The summed E-state index contributed by atoms with van der Waals surface area (Å²) in [6.07, 6.45) is 0.651. The van der Waals surface area contributed by atoms with Crippen LogP contribution in [0.25, 0.3) is 0 Å². The predicted molar refractivity (Wildman–Crippen MR) is 70.7 cm³/mol. The first-order valence-electron chi connectivity index (χ1n) is 6.65. The van der Waals surface area contributed by atoms with E-state index >= 15 is 0 Å². The molecule has 0 aromatic carbocycles. The minimum atomic E-state index is -0.832. The van der Waals surface area contributed by atoms with Crippen molar-refractivity contribution in [1.82, 2.24) is 4.90 Å². The van der Waals surface area contributed by atoms with Crippen LogP contribution in [0.3, 0.4) is 0 Å². The molecule has 0 saturated carbocycles. The Morgan fingerprint density at radius 3 is 2.37 bits per heavy atom. The number of amides is 1. The van der Waals surface area contributed by atoms with E-state index in [1.807, 2.05) is 20.8 Å². The van der Waals surface area contributed by atoms with Gasteiger partial charge in [-0.2, -0.15) is 0 Å². The van der Waals surface area contributed by atoms with E-state index in [0.717, 1.165) is 0 Å². The number of rotatable bonds is 2. The molecule has 19 heavy (non-hydrogen) atoms. The van der Waals surface area contributed by atoms with Crippen molar-refractivity contribution in [3.8, 4) is 0 Å². The Balaban J connectivity index is 2.66. The van der Waals surface area contributed by atoms with E-state index in [1.54, 1.807) is 4.90 Å². The number of aliphatic carboxylic acids is 1. The van der Waals surface area contributed by atoms with Gasteiger partial charge in [0.05, 0.1) is 5.92 Å². The van der Waals surface area contributed by atoms with E-state index in [2.05, 4.69) is 0 Å². The first-order valence-corrected chi connectivity index (χ1v) is 6.65. The number of carboxylic acid groups (broad SMARTS) is 1. The third-order valence-electron chi connectivity index (χ3n) is 3.32. The zero-order chi connectivity index (χ0) is 14.6. The van der Waals surface area contributed by atoms with Gasteiger partial charge < -0.3 is 20.5 Å². The van der Waals surface area contributed by atoms with Crippen LogP contribution in [0.2, 0.25) is 0 Å². The molecule has 1 amide bonds. The van der Waals surface area contributed by atoms with Crippen molar-refractivity contribution in [3.05, 3.63) is 0 Å². The number of likely N-dealkylation sites (tertiary alicyclic amines) is 1. The van der Waals surface area contributed by atoms with E-state index in [4.69, 9.17) is 10.5 Å². The highest BCUT2D eigenvalue weighted by molar-refractivity contribution is 5.71. The normalized spacial score (nSPS) is 24.7. The lowest BCUT2D eigenvalue weighted by atomic mass is 9.88. The van der Waals surface area contributed by atoms with Crippen LogP contribution in [-0.2, 0) is 9.53 Å². The minimum Gasteiger partial charge on any atom is -0.481 e. The monoisotopic (exact) mass is 272 g/mol. The molecule has 0 bridgehead atoms. The fourth-order valence-corrected chi connectivity index (χ4v) is 2.28. The van der Waals surface area contributed by atoms with Crippen LogP contribution in [-0.4, -0.2) is 47.3 Å². The lowest BCUT2D eigenvalue weighted by molar-refractivity contribution is -0.143. The molecule has 1 saturated heterocycles. The largest absolute Gasteiger partial charge is 0.481 e. The van der Waals surface area contributed by atoms with E-state index in [1.165, 1.54) is 0 Å². The molecule has 1 fully saturated rings. The molecule has 110 valence electrons. The summed E-state index contributed by atoms with van der Waals surface area (Å²) in [5.74, 6) is -1.39. The Morgan fingerprint density at radius 2 is 1.89 bits per heavy atom. The second-order valence-electron chi connectivity index (χ2n) is 5.99. The Bertz CT molecular complexity index is 338. The molecule has 6 heteroatoms. The topological polar surface area (TPSA) is 92.9 Å². The molecule has 2 atom stereocenters. The van der Waals surface area contributed by atoms with Crippen molar-refractivity contribution in [2.24, 2.45) is 17.6 Å². The molecular weight excluding hydrogens is 248 g/mol. The first kappa shape index (κ1) is 15.8. The maximum atomic E-state index is 12.0. The second kappa shape index (κ2) is 6.23. The predicted octanol–water partition coefficient (Wildman–Crippen LogP) is 1.29. The van der Waals surface area contributed by atoms with Gasteiger partial charge >= 0.3 is 12.1 Å². The summed E-state index contributed by atoms with van der Waals surface area (Å²) >= 11 is 0. The van der Waals surface area contributed by atoms with Gasteiger partial charge in [-0.05, 0) is 46.1 Å². The van der Waals surface area contributed by atoms with E-state index in [-0.39, 0.29) is 12.0 Å². The number of carboxylic acids is 1. The summed E-state index contributed by atoms with van der Waals surface area (Å²) in [5, 5.41) is 9.19. The summed E-state index contributed by atoms with van der Waals surface area (Å²) in [5.41, 5.74) is 5.09. The van der Waals surface area contributed by atoms with Crippen molar-refractivity contribution in [1.29, 1.82) is 0 Å². The third kappa shape index (κ3) is 4.70. The van der Waals surface area contributed by atoms with Crippen molar-refractivity contribution in [2.45, 2.75) is 39.2 Å². The Morgan fingerprint density at radius 1 is 1.32 bits per heavy atom. The number of nitrogens with zero attached hydrogens (tertiary/aromatic N) is 1. The number of hydrogen-bond donors (Lipinski definition) is 2. The maximum absolute atomic E-state index is 12.0. The Kier molecular flexibility index (Phi) is 5.17. The SMILES string of the molecule is CC(C)(C)OC(=O)N1CC[C@@H](CN)[C@H](C(=O)O)CC1. The van der Waals surface area contributed by atoms with Gasteiger partial charge in [0, 0.05) is 13.1 Å². The molecule has 6 nitrogen and oxygen atoms in total. The number of carbonyl (C=O) groups is 2. The molecule has 1 aliphatic rings. The molecule has 0 aliphatic carbocycles. The quantitative estimate of drug-likeness (QED) is 0.790. The smallest absolute Gasteiger partial charge is 0.410 e. The standard InChI is InChI=1S/C13H24N2O4/c1-13(2,3)19-12(18)15-6-4-9(8-14)10(5-7-15)11(16)17/h9-10H,4-8,14H2,1-3H3,(H,16,17)/t9-,10+/m0/s1. The van der Waals surface area contributed by atoms with Crippen LogP contribution in [0.4, 0.5) is 4.79 Å². The zero-order valence-electron chi connectivity index (χ0n) is 11.9. The van der Waals surface area contributed by atoms with E-state index < -0.39 is 17.5 Å². The molecule has 0 aromatic rings. The molecule has 1 rings (SSSR count). The number of carbonyl (C=O) groups excluding carboxylic acids is 1. The average molecular weight is 272 g/mol. The summed E-state index contributed by atoms with van der Waals surface area (Å²) < 4.78 is 5.31. The second-order valence-corrected chi connectivity index (χ2v) is 5.99. The van der Waals surface area contributed by atoms with Crippen LogP contribution in [0.15, 0.2) is 0 Å². The van der Waals surface area contributed by atoms with Gasteiger partial charge in [0.15, 0.2) is 0 Å². The summed E-state index contributed by atoms with van der Waals surface area (Å²) in [7, 11) is 0. The summed E-state index contributed by atoms with van der Waals surface area (Å²) in [6, 6.07) is 0. The van der Waals surface area contributed by atoms with Gasteiger partial charge in [0.1, 0.15) is 5.60 Å². The van der Waals surface area contributed by atoms with Crippen LogP contribution >= 0.6 is 0 Å². The van der Waals surface area contributed by atoms with E-state index in [9.17, 15) is 14.7 Å². The van der Waals surface area contributed by atoms with Crippen LogP contribution in [0.1, 0.15) is 33.6 Å². The van der Waals surface area contributed by atoms with E-state index in [0.29, 0.717) is 32.5 Å². The van der Waals surface area contributed by atoms with Crippen molar-refractivity contribution < 1.29 is 19.4 Å². The Hall–Kier alpha value is -1.30.